The van der Waals surface area contributed by atoms with Gasteiger partial charge in [0.15, 0.2) is 0 Å². The van der Waals surface area contributed by atoms with Crippen LogP contribution in [0.15, 0.2) is 18.2 Å². The van der Waals surface area contributed by atoms with E-state index in [2.05, 4.69) is 0 Å². The van der Waals surface area contributed by atoms with Crippen molar-refractivity contribution in [1.29, 1.82) is 0 Å². The molecule has 1 aliphatic rings. The van der Waals surface area contributed by atoms with E-state index in [0.29, 0.717) is 11.6 Å². The van der Waals surface area contributed by atoms with E-state index in [-0.39, 0.29) is 11.7 Å². The van der Waals surface area contributed by atoms with Gasteiger partial charge in [0, 0.05) is 17.5 Å². The largest absolute Gasteiger partial charge is 0.392 e. The Labute approximate surface area is 131 Å². The maximum atomic E-state index is 13.1. The molecule has 3 N–H and O–H groups in total. The minimum atomic E-state index is -0.514. The zero-order chi connectivity index (χ0) is 15.2. The van der Waals surface area contributed by atoms with E-state index in [0.717, 1.165) is 24.3 Å². The molecule has 2 rings (SSSR count). The summed E-state index contributed by atoms with van der Waals surface area (Å²) in [6.45, 7) is 0.317. The van der Waals surface area contributed by atoms with Crippen molar-refractivity contribution in [2.45, 2.75) is 57.0 Å². The van der Waals surface area contributed by atoms with Crippen molar-refractivity contribution in [1.82, 2.24) is 0 Å². The molecule has 2 atom stereocenters. The van der Waals surface area contributed by atoms with Crippen LogP contribution in [0.4, 0.5) is 4.39 Å². The molecule has 0 amide bonds. The lowest BCUT2D eigenvalue weighted by Crippen LogP contribution is -2.27. The first-order chi connectivity index (χ1) is 10.1. The highest BCUT2D eigenvalue weighted by molar-refractivity contribution is 6.31. The van der Waals surface area contributed by atoms with Crippen LogP contribution in [-0.4, -0.2) is 17.8 Å². The number of aliphatic hydroxyl groups is 1. The lowest BCUT2D eigenvalue weighted by molar-refractivity contribution is 0.123. The van der Waals surface area contributed by atoms with E-state index >= 15 is 0 Å². The van der Waals surface area contributed by atoms with Gasteiger partial charge >= 0.3 is 0 Å². The number of aliphatic hydroxyl groups excluding tert-OH is 1. The van der Waals surface area contributed by atoms with Crippen LogP contribution in [0.3, 0.4) is 0 Å². The molecule has 21 heavy (non-hydrogen) atoms. The molecule has 1 aliphatic carbocycles. The van der Waals surface area contributed by atoms with E-state index in [4.69, 9.17) is 17.3 Å². The summed E-state index contributed by atoms with van der Waals surface area (Å²) in [6.07, 6.45) is 7.77. The Morgan fingerprint density at radius 2 is 2.00 bits per heavy atom. The van der Waals surface area contributed by atoms with E-state index in [1.807, 2.05) is 0 Å². The van der Waals surface area contributed by atoms with Gasteiger partial charge in [-0.05, 0) is 36.5 Å². The minimum Gasteiger partial charge on any atom is -0.392 e. The molecular weight excluding hydrogens is 289 g/mol. The van der Waals surface area contributed by atoms with Crippen LogP contribution in [0.25, 0.3) is 0 Å². The van der Waals surface area contributed by atoms with Crippen LogP contribution in [0, 0.1) is 11.7 Å². The van der Waals surface area contributed by atoms with Gasteiger partial charge in [0.1, 0.15) is 5.82 Å². The monoisotopic (exact) mass is 313 g/mol. The van der Waals surface area contributed by atoms with Crippen molar-refractivity contribution in [3.63, 3.8) is 0 Å². The summed E-state index contributed by atoms with van der Waals surface area (Å²) in [7, 11) is 0. The standard InChI is InChI=1S/C17H25ClFNO/c18-16-10-13(19)7-8-14(16)15(11-20)17(21)9-6-12-4-2-1-3-5-12/h7-8,10,12,15,17,21H,1-6,9,11,20H2. The molecule has 0 radical (unpaired) electrons. The third kappa shape index (κ3) is 4.67. The maximum absolute atomic E-state index is 13.1. The van der Waals surface area contributed by atoms with E-state index in [1.165, 1.54) is 44.2 Å². The number of halogens is 2. The Kier molecular flexibility index (Phi) is 6.46. The van der Waals surface area contributed by atoms with Gasteiger partial charge in [0.2, 0.25) is 0 Å². The zero-order valence-corrected chi connectivity index (χ0v) is 13.2. The van der Waals surface area contributed by atoms with Crippen molar-refractivity contribution in [2.75, 3.05) is 6.54 Å². The van der Waals surface area contributed by atoms with Gasteiger partial charge in [-0.2, -0.15) is 0 Å². The fourth-order valence-electron chi connectivity index (χ4n) is 3.38. The predicted molar refractivity (Wildman–Crippen MR) is 85.0 cm³/mol. The van der Waals surface area contributed by atoms with Gasteiger partial charge < -0.3 is 10.8 Å². The van der Waals surface area contributed by atoms with Crippen LogP contribution in [0.5, 0.6) is 0 Å². The Bertz CT molecular complexity index is 448. The first-order valence-corrected chi connectivity index (χ1v) is 8.32. The minimum absolute atomic E-state index is 0.221. The Balaban J connectivity index is 1.95. The van der Waals surface area contributed by atoms with Crippen molar-refractivity contribution < 1.29 is 9.50 Å². The molecule has 0 bridgehead atoms. The average Bonchev–Trinajstić information content (AvgIpc) is 2.49. The van der Waals surface area contributed by atoms with Crippen molar-refractivity contribution in [3.05, 3.63) is 34.6 Å². The van der Waals surface area contributed by atoms with Gasteiger partial charge in [-0.15, -0.1) is 0 Å². The molecule has 1 fully saturated rings. The molecule has 1 aromatic carbocycles. The van der Waals surface area contributed by atoms with E-state index in [1.54, 1.807) is 6.07 Å². The molecule has 4 heteroatoms. The first kappa shape index (κ1) is 16.7. The van der Waals surface area contributed by atoms with E-state index < -0.39 is 6.10 Å². The zero-order valence-electron chi connectivity index (χ0n) is 12.4. The van der Waals surface area contributed by atoms with E-state index in [9.17, 15) is 9.50 Å². The van der Waals surface area contributed by atoms with Gasteiger partial charge in [-0.25, -0.2) is 4.39 Å². The molecule has 0 heterocycles. The molecule has 1 saturated carbocycles. The molecule has 0 spiro atoms. The summed E-state index contributed by atoms with van der Waals surface area (Å²) in [6, 6.07) is 4.30. The van der Waals surface area contributed by atoms with Gasteiger partial charge in [-0.3, -0.25) is 0 Å². The number of hydrogen-bond acceptors (Lipinski definition) is 2. The van der Waals surface area contributed by atoms with Crippen LogP contribution in [0.2, 0.25) is 5.02 Å². The Hall–Kier alpha value is -0.640. The lowest BCUT2D eigenvalue weighted by atomic mass is 9.83. The maximum Gasteiger partial charge on any atom is 0.124 e. The summed E-state index contributed by atoms with van der Waals surface area (Å²) in [5.41, 5.74) is 6.56. The van der Waals surface area contributed by atoms with Gasteiger partial charge in [0.05, 0.1) is 6.10 Å². The van der Waals surface area contributed by atoms with Crippen molar-refractivity contribution in [2.24, 2.45) is 11.7 Å². The van der Waals surface area contributed by atoms with Gasteiger partial charge in [-0.1, -0.05) is 49.8 Å². The average molecular weight is 314 g/mol. The third-order valence-electron chi connectivity index (χ3n) is 4.68. The summed E-state index contributed by atoms with van der Waals surface area (Å²) < 4.78 is 13.1. The highest BCUT2D eigenvalue weighted by atomic mass is 35.5. The first-order valence-electron chi connectivity index (χ1n) is 7.95. The SMILES string of the molecule is NCC(c1ccc(F)cc1Cl)C(O)CCC1CCCCC1. The summed E-state index contributed by atoms with van der Waals surface area (Å²) in [5.74, 6) is 0.147. The summed E-state index contributed by atoms with van der Waals surface area (Å²) in [5, 5.41) is 10.8. The topological polar surface area (TPSA) is 46.2 Å². The molecule has 118 valence electrons. The molecule has 0 aliphatic heterocycles. The smallest absolute Gasteiger partial charge is 0.124 e. The fourth-order valence-corrected chi connectivity index (χ4v) is 3.68. The molecule has 1 aromatic rings. The second-order valence-electron chi connectivity index (χ2n) is 6.16. The van der Waals surface area contributed by atoms with Crippen LogP contribution in [-0.2, 0) is 0 Å². The van der Waals surface area contributed by atoms with Gasteiger partial charge in [0.25, 0.3) is 0 Å². The number of hydrogen-bond donors (Lipinski definition) is 2. The summed E-state index contributed by atoms with van der Waals surface area (Å²) in [4.78, 5) is 0. The Morgan fingerprint density at radius 3 is 2.62 bits per heavy atom. The second kappa shape index (κ2) is 8.11. The molecule has 0 aromatic heterocycles. The van der Waals surface area contributed by atoms with Crippen molar-refractivity contribution >= 4 is 11.6 Å². The number of nitrogens with two attached hydrogens (primary N) is 1. The molecule has 0 saturated heterocycles. The Morgan fingerprint density at radius 1 is 1.29 bits per heavy atom. The quantitative estimate of drug-likeness (QED) is 0.825. The fraction of sp³-hybridized carbons (Fsp3) is 0.647. The van der Waals surface area contributed by atoms with Crippen molar-refractivity contribution in [3.8, 4) is 0 Å². The lowest BCUT2D eigenvalue weighted by Gasteiger charge is -2.26. The highest BCUT2D eigenvalue weighted by Gasteiger charge is 2.24. The number of rotatable bonds is 6. The molecule has 2 nitrogen and oxygen atoms in total. The highest BCUT2D eigenvalue weighted by Crippen LogP contribution is 2.32. The summed E-state index contributed by atoms with van der Waals surface area (Å²) >= 11 is 6.09. The third-order valence-corrected chi connectivity index (χ3v) is 5.00. The molecule has 2 unspecified atom stereocenters. The normalized spacial score (nSPS) is 19.4. The molecular formula is C17H25ClFNO. The van der Waals surface area contributed by atoms with Crippen LogP contribution < -0.4 is 5.73 Å². The van der Waals surface area contributed by atoms with Crippen LogP contribution in [0.1, 0.15) is 56.4 Å². The second-order valence-corrected chi connectivity index (χ2v) is 6.56. The predicted octanol–water partition coefficient (Wildman–Crippen LogP) is 4.24. The number of benzene rings is 1. The van der Waals surface area contributed by atoms with Crippen LogP contribution >= 0.6 is 11.6 Å².